The molecule has 1 N–H and O–H groups in total. The molecule has 3 rings (SSSR count). The molecule has 1 saturated heterocycles. The minimum absolute atomic E-state index is 0.0379. The molecule has 2 amide bonds. The predicted molar refractivity (Wildman–Crippen MR) is 114 cm³/mol. The molecule has 1 aliphatic rings. The summed E-state index contributed by atoms with van der Waals surface area (Å²) in [5.74, 6) is 0.599. The highest BCUT2D eigenvalue weighted by Crippen LogP contribution is 2.26. The SMILES string of the molecule is CCCN1CCN(c2ccc(S(=O)(=O)Nc3cc(CC)cc(OC)c3)cc2)C1=O. The van der Waals surface area contributed by atoms with Gasteiger partial charge in [0, 0.05) is 31.4 Å². The second-order valence-electron chi connectivity index (χ2n) is 6.94. The summed E-state index contributed by atoms with van der Waals surface area (Å²) in [5.41, 5.74) is 2.12. The lowest BCUT2D eigenvalue weighted by Crippen LogP contribution is -2.32. The van der Waals surface area contributed by atoms with Crippen molar-refractivity contribution in [2.75, 3.05) is 36.4 Å². The molecule has 0 saturated carbocycles. The van der Waals surface area contributed by atoms with Crippen molar-refractivity contribution >= 4 is 27.4 Å². The second kappa shape index (κ2) is 8.73. The maximum atomic E-state index is 12.8. The van der Waals surface area contributed by atoms with Crippen LogP contribution in [0.1, 0.15) is 25.8 Å². The lowest BCUT2D eigenvalue weighted by molar-refractivity contribution is 0.220. The zero-order valence-corrected chi connectivity index (χ0v) is 17.8. The normalized spacial score (nSPS) is 14.4. The summed E-state index contributed by atoms with van der Waals surface area (Å²) in [6, 6.07) is 11.7. The third-order valence-corrected chi connectivity index (χ3v) is 6.31. The first-order valence-electron chi connectivity index (χ1n) is 9.75. The number of rotatable bonds is 8. The summed E-state index contributed by atoms with van der Waals surface area (Å²) in [4.78, 5) is 16.1. The lowest BCUT2D eigenvalue weighted by Gasteiger charge is -2.18. The number of methoxy groups -OCH3 is 1. The molecule has 1 aliphatic heterocycles. The molecule has 0 aromatic heterocycles. The van der Waals surface area contributed by atoms with Gasteiger partial charge in [0.15, 0.2) is 0 Å². The Kier molecular flexibility index (Phi) is 6.32. The van der Waals surface area contributed by atoms with Gasteiger partial charge in [0.05, 0.1) is 17.7 Å². The lowest BCUT2D eigenvalue weighted by atomic mass is 10.1. The summed E-state index contributed by atoms with van der Waals surface area (Å²) in [5, 5.41) is 0. The van der Waals surface area contributed by atoms with E-state index in [1.165, 1.54) is 12.1 Å². The van der Waals surface area contributed by atoms with Crippen molar-refractivity contribution in [1.82, 2.24) is 4.90 Å². The molecular weight excluding hydrogens is 390 g/mol. The number of carbonyl (C=O) groups is 1. The molecular formula is C21H27N3O4S. The van der Waals surface area contributed by atoms with Gasteiger partial charge in [-0.05, 0) is 54.8 Å². The third-order valence-electron chi connectivity index (χ3n) is 4.91. The van der Waals surface area contributed by atoms with Crippen LogP contribution in [0.2, 0.25) is 0 Å². The Morgan fingerprint density at radius 3 is 2.41 bits per heavy atom. The first kappa shape index (κ1) is 21.0. The largest absolute Gasteiger partial charge is 0.497 e. The molecule has 2 aromatic rings. The smallest absolute Gasteiger partial charge is 0.324 e. The standard InChI is InChI=1S/C21H27N3O4S/c1-4-10-23-11-12-24(21(23)25)18-6-8-20(9-7-18)29(26,27)22-17-13-16(5-2)14-19(15-17)28-3/h6-9,13-15,22H,4-5,10-12H2,1-3H3. The zero-order valence-electron chi connectivity index (χ0n) is 17.0. The Balaban J connectivity index is 1.78. The van der Waals surface area contributed by atoms with Crippen molar-refractivity contribution < 1.29 is 17.9 Å². The summed E-state index contributed by atoms with van der Waals surface area (Å²) < 4.78 is 33.4. The number of nitrogens with zero attached hydrogens (tertiary/aromatic N) is 2. The van der Waals surface area contributed by atoms with Gasteiger partial charge in [-0.1, -0.05) is 13.8 Å². The Morgan fingerprint density at radius 2 is 1.79 bits per heavy atom. The summed E-state index contributed by atoms with van der Waals surface area (Å²) in [7, 11) is -2.21. The van der Waals surface area contributed by atoms with Crippen LogP contribution in [0.5, 0.6) is 5.75 Å². The van der Waals surface area contributed by atoms with Crippen LogP contribution >= 0.6 is 0 Å². The topological polar surface area (TPSA) is 79.0 Å². The number of carbonyl (C=O) groups excluding carboxylic acids is 1. The number of aryl methyl sites for hydroxylation is 1. The minimum Gasteiger partial charge on any atom is -0.497 e. The minimum atomic E-state index is -3.76. The number of hydrogen-bond donors (Lipinski definition) is 1. The van der Waals surface area contributed by atoms with Crippen molar-refractivity contribution in [3.05, 3.63) is 48.0 Å². The highest BCUT2D eigenvalue weighted by atomic mass is 32.2. The molecule has 0 unspecified atom stereocenters. The van der Waals surface area contributed by atoms with E-state index < -0.39 is 10.0 Å². The molecule has 1 fully saturated rings. The first-order valence-corrected chi connectivity index (χ1v) is 11.2. The van der Waals surface area contributed by atoms with Crippen LogP contribution in [0, 0.1) is 0 Å². The quantitative estimate of drug-likeness (QED) is 0.710. The Morgan fingerprint density at radius 1 is 1.07 bits per heavy atom. The van der Waals surface area contributed by atoms with Crippen molar-refractivity contribution in [2.45, 2.75) is 31.6 Å². The van der Waals surface area contributed by atoms with Gasteiger partial charge in [-0.3, -0.25) is 9.62 Å². The summed E-state index contributed by atoms with van der Waals surface area (Å²) in [6.07, 6.45) is 1.67. The van der Waals surface area contributed by atoms with Gasteiger partial charge in [0.2, 0.25) is 0 Å². The Hall–Kier alpha value is -2.74. The number of nitrogens with one attached hydrogen (secondary N) is 1. The fraction of sp³-hybridized carbons (Fsp3) is 0.381. The van der Waals surface area contributed by atoms with Gasteiger partial charge < -0.3 is 9.64 Å². The maximum Gasteiger partial charge on any atom is 0.324 e. The van der Waals surface area contributed by atoms with Crippen LogP contribution < -0.4 is 14.4 Å². The van der Waals surface area contributed by atoms with E-state index in [0.717, 1.165) is 24.9 Å². The number of ether oxygens (including phenoxy) is 1. The molecule has 0 atom stereocenters. The van der Waals surface area contributed by atoms with E-state index in [4.69, 9.17) is 4.74 Å². The third kappa shape index (κ3) is 4.64. The van der Waals surface area contributed by atoms with Gasteiger partial charge >= 0.3 is 6.03 Å². The van der Waals surface area contributed by atoms with Crippen LogP contribution in [0.4, 0.5) is 16.2 Å². The van der Waals surface area contributed by atoms with Crippen LogP contribution in [0.15, 0.2) is 47.4 Å². The predicted octanol–water partition coefficient (Wildman–Crippen LogP) is 3.71. The Bertz CT molecular complexity index is 952. The number of hydrogen-bond acceptors (Lipinski definition) is 4. The molecule has 0 bridgehead atoms. The molecule has 156 valence electrons. The number of benzene rings is 2. The van der Waals surface area contributed by atoms with Gasteiger partial charge in [-0.2, -0.15) is 0 Å². The van der Waals surface area contributed by atoms with E-state index in [9.17, 15) is 13.2 Å². The zero-order chi connectivity index (χ0) is 21.0. The van der Waals surface area contributed by atoms with Gasteiger partial charge in [0.1, 0.15) is 5.75 Å². The highest BCUT2D eigenvalue weighted by molar-refractivity contribution is 7.92. The van der Waals surface area contributed by atoms with E-state index in [-0.39, 0.29) is 10.9 Å². The second-order valence-corrected chi connectivity index (χ2v) is 8.63. The molecule has 1 heterocycles. The molecule has 2 aromatic carbocycles. The number of anilines is 2. The number of sulfonamides is 1. The molecule has 8 heteroatoms. The monoisotopic (exact) mass is 417 g/mol. The summed E-state index contributed by atoms with van der Waals surface area (Å²) in [6.45, 7) is 6.05. The molecule has 0 spiro atoms. The average Bonchev–Trinajstić information content (AvgIpc) is 3.08. The van der Waals surface area contributed by atoms with Crippen molar-refractivity contribution in [2.24, 2.45) is 0 Å². The van der Waals surface area contributed by atoms with Crippen LogP contribution in [-0.2, 0) is 16.4 Å². The molecule has 0 radical (unpaired) electrons. The van der Waals surface area contributed by atoms with Gasteiger partial charge in [0.25, 0.3) is 10.0 Å². The average molecular weight is 418 g/mol. The van der Waals surface area contributed by atoms with Crippen LogP contribution in [-0.4, -0.2) is 46.1 Å². The highest BCUT2D eigenvalue weighted by Gasteiger charge is 2.29. The fourth-order valence-electron chi connectivity index (χ4n) is 3.36. The number of amides is 2. The van der Waals surface area contributed by atoms with Crippen molar-refractivity contribution in [1.29, 1.82) is 0 Å². The molecule has 29 heavy (non-hydrogen) atoms. The van der Waals surface area contributed by atoms with Crippen LogP contribution in [0.25, 0.3) is 0 Å². The summed E-state index contributed by atoms with van der Waals surface area (Å²) >= 11 is 0. The van der Waals surface area contributed by atoms with Crippen molar-refractivity contribution in [3.8, 4) is 5.75 Å². The molecule has 0 aliphatic carbocycles. The molecule has 7 nitrogen and oxygen atoms in total. The maximum absolute atomic E-state index is 12.8. The van der Waals surface area contributed by atoms with Gasteiger partial charge in [-0.25, -0.2) is 13.2 Å². The Labute approximate surface area is 172 Å². The van der Waals surface area contributed by atoms with Gasteiger partial charge in [-0.15, -0.1) is 0 Å². The van der Waals surface area contributed by atoms with E-state index in [2.05, 4.69) is 4.72 Å². The van der Waals surface area contributed by atoms with E-state index in [0.29, 0.717) is 30.2 Å². The van der Waals surface area contributed by atoms with Crippen LogP contribution in [0.3, 0.4) is 0 Å². The van der Waals surface area contributed by atoms with Crippen molar-refractivity contribution in [3.63, 3.8) is 0 Å². The van der Waals surface area contributed by atoms with E-state index in [1.54, 1.807) is 41.2 Å². The first-order chi connectivity index (χ1) is 13.9. The van der Waals surface area contributed by atoms with E-state index in [1.807, 2.05) is 19.9 Å². The van der Waals surface area contributed by atoms with E-state index >= 15 is 0 Å². The number of urea groups is 1. The fourth-order valence-corrected chi connectivity index (χ4v) is 4.40.